The molecule has 0 aromatic heterocycles. The van der Waals surface area contributed by atoms with Gasteiger partial charge in [0.2, 0.25) is 11.8 Å². The summed E-state index contributed by atoms with van der Waals surface area (Å²) >= 11 is 0. The molecule has 0 aliphatic carbocycles. The predicted molar refractivity (Wildman–Crippen MR) is 107 cm³/mol. The molecule has 0 saturated carbocycles. The van der Waals surface area contributed by atoms with E-state index in [1.165, 1.54) is 0 Å². The lowest BCUT2D eigenvalue weighted by Gasteiger charge is -2.40. The topological polar surface area (TPSA) is 61.9 Å². The average molecular weight is 396 g/mol. The maximum Gasteiger partial charge on any atom is 0.228 e. The van der Waals surface area contributed by atoms with Gasteiger partial charge in [0, 0.05) is 26.6 Å². The molecule has 2 saturated heterocycles. The number of hydrogen-bond donors (Lipinski definition) is 1. The standard InChI is InChI=1S/C20H29N3O3.ClH/c1-21-12-14-10-11-23(13-14)20(25)17-8-9-18(24)22(2)19(17)15-4-6-16(26-3)7-5-15;/h4-7,14,17,19,21H,8-13H2,1-3H3;1H. The van der Waals surface area contributed by atoms with Crippen molar-refractivity contribution in [3.63, 3.8) is 0 Å². The van der Waals surface area contributed by atoms with Crippen LogP contribution in [0.1, 0.15) is 30.9 Å². The van der Waals surface area contributed by atoms with Gasteiger partial charge in [0.25, 0.3) is 0 Å². The van der Waals surface area contributed by atoms with E-state index in [4.69, 9.17) is 4.74 Å². The lowest BCUT2D eigenvalue weighted by molar-refractivity contribution is -0.146. The van der Waals surface area contributed by atoms with Crippen LogP contribution in [0.25, 0.3) is 0 Å². The minimum atomic E-state index is -0.210. The average Bonchev–Trinajstić information content (AvgIpc) is 3.12. The van der Waals surface area contributed by atoms with Crippen LogP contribution in [-0.2, 0) is 9.59 Å². The number of rotatable bonds is 5. The summed E-state index contributed by atoms with van der Waals surface area (Å²) in [4.78, 5) is 29.3. The molecule has 27 heavy (non-hydrogen) atoms. The Morgan fingerprint density at radius 3 is 2.59 bits per heavy atom. The zero-order chi connectivity index (χ0) is 18.7. The molecular weight excluding hydrogens is 366 g/mol. The maximum atomic E-state index is 13.3. The highest BCUT2D eigenvalue weighted by atomic mass is 35.5. The zero-order valence-corrected chi connectivity index (χ0v) is 17.1. The van der Waals surface area contributed by atoms with Crippen LogP contribution < -0.4 is 10.1 Å². The fraction of sp³-hybridized carbons (Fsp3) is 0.600. The van der Waals surface area contributed by atoms with E-state index in [9.17, 15) is 9.59 Å². The molecule has 1 aromatic carbocycles. The van der Waals surface area contributed by atoms with E-state index in [-0.39, 0.29) is 36.2 Å². The number of carbonyl (C=O) groups excluding carboxylic acids is 2. The van der Waals surface area contributed by atoms with Crippen LogP contribution in [0.3, 0.4) is 0 Å². The third-order valence-corrected chi connectivity index (χ3v) is 5.73. The van der Waals surface area contributed by atoms with E-state index < -0.39 is 0 Å². The van der Waals surface area contributed by atoms with Gasteiger partial charge in [0.15, 0.2) is 0 Å². The third kappa shape index (κ3) is 4.55. The van der Waals surface area contributed by atoms with Gasteiger partial charge in [0.1, 0.15) is 5.75 Å². The van der Waals surface area contributed by atoms with Gasteiger partial charge in [0.05, 0.1) is 19.1 Å². The molecule has 2 aliphatic heterocycles. The maximum absolute atomic E-state index is 13.3. The number of methoxy groups -OCH3 is 1. The van der Waals surface area contributed by atoms with Gasteiger partial charge in [-0.25, -0.2) is 0 Å². The Morgan fingerprint density at radius 2 is 1.96 bits per heavy atom. The van der Waals surface area contributed by atoms with Gasteiger partial charge in [-0.3, -0.25) is 9.59 Å². The smallest absolute Gasteiger partial charge is 0.228 e. The molecule has 3 rings (SSSR count). The van der Waals surface area contributed by atoms with Crippen LogP contribution in [0.15, 0.2) is 24.3 Å². The number of nitrogens with one attached hydrogen (secondary N) is 1. The van der Waals surface area contributed by atoms with Crippen molar-refractivity contribution >= 4 is 24.2 Å². The molecule has 2 fully saturated rings. The Hall–Kier alpha value is -1.79. The molecule has 2 aliphatic rings. The molecule has 0 spiro atoms. The van der Waals surface area contributed by atoms with Crippen LogP contribution in [0, 0.1) is 11.8 Å². The lowest BCUT2D eigenvalue weighted by atomic mass is 9.83. The first-order valence-electron chi connectivity index (χ1n) is 9.38. The normalized spacial score (nSPS) is 25.3. The second-order valence-electron chi connectivity index (χ2n) is 7.36. The Bertz CT molecular complexity index is 652. The molecule has 0 bridgehead atoms. The van der Waals surface area contributed by atoms with Crippen molar-refractivity contribution in [2.24, 2.45) is 11.8 Å². The zero-order valence-electron chi connectivity index (χ0n) is 16.3. The highest BCUT2D eigenvalue weighted by Crippen LogP contribution is 2.38. The van der Waals surface area contributed by atoms with Crippen molar-refractivity contribution in [1.82, 2.24) is 15.1 Å². The summed E-state index contributed by atoms with van der Waals surface area (Å²) in [7, 11) is 5.39. The summed E-state index contributed by atoms with van der Waals surface area (Å²) in [6, 6.07) is 7.50. The molecular formula is C20H30ClN3O3. The van der Waals surface area contributed by atoms with E-state index in [1.54, 1.807) is 12.0 Å². The molecule has 1 aromatic rings. The number of likely N-dealkylation sites (tertiary alicyclic amines) is 2. The number of hydrogen-bond acceptors (Lipinski definition) is 4. The Balaban J connectivity index is 0.00000261. The molecule has 0 radical (unpaired) electrons. The predicted octanol–water partition coefficient (Wildman–Crippen LogP) is 2.09. The molecule has 2 amide bonds. The highest BCUT2D eigenvalue weighted by Gasteiger charge is 2.41. The quantitative estimate of drug-likeness (QED) is 0.829. The van der Waals surface area contributed by atoms with Crippen molar-refractivity contribution in [3.8, 4) is 5.75 Å². The second kappa shape index (κ2) is 9.42. The number of piperidine rings is 1. The van der Waals surface area contributed by atoms with Gasteiger partial charge < -0.3 is 19.9 Å². The summed E-state index contributed by atoms with van der Waals surface area (Å²) in [6.45, 7) is 2.56. The number of nitrogens with zero attached hydrogens (tertiary/aromatic N) is 2. The minimum Gasteiger partial charge on any atom is -0.497 e. The number of ether oxygens (including phenoxy) is 1. The molecule has 150 valence electrons. The monoisotopic (exact) mass is 395 g/mol. The lowest BCUT2D eigenvalue weighted by Crippen LogP contribution is -2.47. The molecule has 2 heterocycles. The Morgan fingerprint density at radius 1 is 1.26 bits per heavy atom. The fourth-order valence-electron chi connectivity index (χ4n) is 4.28. The SMILES string of the molecule is CNCC1CCN(C(=O)C2CCC(=O)N(C)C2c2ccc(OC)cc2)C1.Cl. The van der Waals surface area contributed by atoms with Gasteiger partial charge in [-0.2, -0.15) is 0 Å². The van der Waals surface area contributed by atoms with Crippen LogP contribution in [0.5, 0.6) is 5.75 Å². The minimum absolute atomic E-state index is 0. The van der Waals surface area contributed by atoms with Crippen molar-refractivity contribution in [1.29, 1.82) is 0 Å². The molecule has 3 unspecified atom stereocenters. The summed E-state index contributed by atoms with van der Waals surface area (Å²) in [5.74, 6) is 1.40. The van der Waals surface area contributed by atoms with Crippen molar-refractivity contribution in [2.45, 2.75) is 25.3 Å². The van der Waals surface area contributed by atoms with Crippen molar-refractivity contribution in [2.75, 3.05) is 40.8 Å². The summed E-state index contributed by atoms with van der Waals surface area (Å²) in [6.07, 6.45) is 2.10. The summed E-state index contributed by atoms with van der Waals surface area (Å²) in [5.41, 5.74) is 0.991. The largest absolute Gasteiger partial charge is 0.497 e. The molecule has 1 N–H and O–H groups in total. The number of halogens is 1. The van der Waals surface area contributed by atoms with E-state index in [2.05, 4.69) is 5.32 Å². The van der Waals surface area contributed by atoms with Gasteiger partial charge in [-0.05, 0) is 50.0 Å². The Kier molecular flexibility index (Phi) is 7.50. The van der Waals surface area contributed by atoms with Gasteiger partial charge >= 0.3 is 0 Å². The molecule has 6 nitrogen and oxygen atoms in total. The Labute approximate surface area is 167 Å². The first-order chi connectivity index (χ1) is 12.5. The van der Waals surface area contributed by atoms with Crippen LogP contribution >= 0.6 is 12.4 Å². The van der Waals surface area contributed by atoms with Gasteiger partial charge in [-0.1, -0.05) is 12.1 Å². The van der Waals surface area contributed by atoms with E-state index in [1.807, 2.05) is 43.3 Å². The first kappa shape index (κ1) is 21.5. The van der Waals surface area contributed by atoms with Gasteiger partial charge in [-0.15, -0.1) is 12.4 Å². The second-order valence-corrected chi connectivity index (χ2v) is 7.36. The van der Waals surface area contributed by atoms with Crippen LogP contribution in [0.4, 0.5) is 0 Å². The fourth-order valence-corrected chi connectivity index (χ4v) is 4.28. The van der Waals surface area contributed by atoms with E-state index in [0.29, 0.717) is 18.8 Å². The molecule has 3 atom stereocenters. The number of carbonyl (C=O) groups is 2. The summed E-state index contributed by atoms with van der Waals surface area (Å²) in [5, 5.41) is 3.20. The van der Waals surface area contributed by atoms with E-state index >= 15 is 0 Å². The number of amides is 2. The third-order valence-electron chi connectivity index (χ3n) is 5.73. The van der Waals surface area contributed by atoms with Crippen molar-refractivity contribution in [3.05, 3.63) is 29.8 Å². The number of benzene rings is 1. The van der Waals surface area contributed by atoms with Crippen LogP contribution in [0.2, 0.25) is 0 Å². The molecule has 7 heteroatoms. The summed E-state index contributed by atoms with van der Waals surface area (Å²) < 4.78 is 5.23. The van der Waals surface area contributed by atoms with Crippen molar-refractivity contribution < 1.29 is 14.3 Å². The highest BCUT2D eigenvalue weighted by molar-refractivity contribution is 5.85. The first-order valence-corrected chi connectivity index (χ1v) is 9.38. The van der Waals surface area contributed by atoms with E-state index in [0.717, 1.165) is 37.4 Å². The van der Waals surface area contributed by atoms with Crippen LogP contribution in [-0.4, -0.2) is 62.5 Å².